The normalized spacial score (nSPS) is 15.0. The Morgan fingerprint density at radius 2 is 1.84 bits per heavy atom. The van der Waals surface area contributed by atoms with Crippen molar-refractivity contribution in [3.8, 4) is 5.75 Å². The maximum atomic E-state index is 13.4. The molecule has 3 heterocycles. The average molecular weight is 774 g/mol. The number of hydrogen-bond acceptors (Lipinski definition) is 11. The first-order chi connectivity index (χ1) is 23.9. The third-order valence-electron chi connectivity index (χ3n) is 8.85. The van der Waals surface area contributed by atoms with E-state index in [-0.39, 0.29) is 6.04 Å². The molecule has 1 unspecified atom stereocenters. The van der Waals surface area contributed by atoms with Crippen molar-refractivity contribution in [2.24, 2.45) is 0 Å². The molecular formula is C34H41BrF3N10OP. The molecule has 0 amide bonds. The molecule has 1 atom stereocenters. The van der Waals surface area contributed by atoms with Crippen LogP contribution in [0.25, 0.3) is 16.6 Å². The van der Waals surface area contributed by atoms with Crippen LogP contribution in [0.1, 0.15) is 25.3 Å². The zero-order chi connectivity index (χ0) is 36.2. The number of benzene rings is 2. The van der Waals surface area contributed by atoms with Crippen LogP contribution in [-0.2, 0) is 0 Å². The smallest absolute Gasteiger partial charge is 0.403 e. The van der Waals surface area contributed by atoms with E-state index in [1.165, 1.54) is 18.0 Å². The molecule has 0 bridgehead atoms. The summed E-state index contributed by atoms with van der Waals surface area (Å²) in [5.74, 6) is 1.37. The maximum absolute atomic E-state index is 13.4. The SMILES string of the molecule is CN/C=C(\C=N)c1cc(Nc2ncc(Br)c(Nc3ccc4nccnc4c3P(C)C)n2)c(OC)cc1N1CCC(N(C)C(C)C(F)(F)F)CC1. The van der Waals surface area contributed by atoms with Gasteiger partial charge in [0, 0.05) is 91.1 Å². The standard InChI is InChI=1S/C34H41BrF3N10OP/c1-20(34(36,37)38)47(3)22-9-13-48(14-10-22)28-16-29(49-4)27(15-23(28)21(17-39)18-40-2)45-33-43-19-24(35)32(46-33)44-26-8-7-25-30(31(26)50(5)6)42-12-11-41-25/h7-8,11-12,15-20,22,39-40H,9-10,13-14H2,1-6H3,(H2,43,44,45,46)/b21-18+,39-17?. The monoisotopic (exact) mass is 772 g/mol. The summed E-state index contributed by atoms with van der Waals surface area (Å²) in [5, 5.41) is 19.0. The Kier molecular flexibility index (Phi) is 11.8. The zero-order valence-electron chi connectivity index (χ0n) is 28.7. The average Bonchev–Trinajstić information content (AvgIpc) is 3.10. The van der Waals surface area contributed by atoms with Gasteiger partial charge >= 0.3 is 6.18 Å². The Morgan fingerprint density at radius 1 is 1.12 bits per heavy atom. The van der Waals surface area contributed by atoms with Gasteiger partial charge in [-0.05, 0) is 74.3 Å². The van der Waals surface area contributed by atoms with E-state index in [0.717, 1.165) is 33.3 Å². The van der Waals surface area contributed by atoms with Crippen molar-refractivity contribution in [3.63, 3.8) is 0 Å². The molecule has 2 aromatic heterocycles. The first-order valence-electron chi connectivity index (χ1n) is 16.0. The number of halogens is 4. The molecule has 266 valence electrons. The first-order valence-corrected chi connectivity index (χ1v) is 19.0. The molecule has 50 heavy (non-hydrogen) atoms. The second-order valence-electron chi connectivity index (χ2n) is 12.1. The van der Waals surface area contributed by atoms with Crippen molar-refractivity contribution < 1.29 is 17.9 Å². The molecule has 0 aliphatic carbocycles. The van der Waals surface area contributed by atoms with E-state index in [4.69, 9.17) is 15.1 Å². The molecule has 1 saturated heterocycles. The molecule has 0 spiro atoms. The number of nitrogens with zero attached hydrogens (tertiary/aromatic N) is 6. The highest BCUT2D eigenvalue weighted by Crippen LogP contribution is 2.40. The number of hydrogen-bond donors (Lipinski definition) is 4. The van der Waals surface area contributed by atoms with Crippen molar-refractivity contribution in [3.05, 3.63) is 59.1 Å². The van der Waals surface area contributed by atoms with Crippen molar-refractivity contribution in [1.82, 2.24) is 30.2 Å². The highest BCUT2D eigenvalue weighted by molar-refractivity contribution is 9.10. The first kappa shape index (κ1) is 37.2. The minimum Gasteiger partial charge on any atom is -0.494 e. The zero-order valence-corrected chi connectivity index (χ0v) is 31.2. The summed E-state index contributed by atoms with van der Waals surface area (Å²) in [5.41, 5.74) is 5.28. The Balaban J connectivity index is 1.46. The Hall–Kier alpha value is -4.07. The van der Waals surface area contributed by atoms with Crippen molar-refractivity contribution in [2.75, 3.05) is 63.2 Å². The van der Waals surface area contributed by atoms with E-state index < -0.39 is 20.1 Å². The van der Waals surface area contributed by atoms with E-state index in [2.05, 4.69) is 65.1 Å². The molecular weight excluding hydrogens is 732 g/mol. The van der Waals surface area contributed by atoms with Crippen molar-refractivity contribution in [2.45, 2.75) is 38.0 Å². The number of piperidine rings is 1. The van der Waals surface area contributed by atoms with E-state index >= 15 is 0 Å². The molecule has 2 aromatic carbocycles. The second kappa shape index (κ2) is 15.9. The predicted octanol–water partition coefficient (Wildman–Crippen LogP) is 7.11. The Morgan fingerprint density at radius 3 is 2.48 bits per heavy atom. The molecule has 1 fully saturated rings. The molecule has 5 rings (SSSR count). The Bertz CT molecular complexity index is 1870. The number of alkyl halides is 3. The molecule has 1 aliphatic rings. The van der Waals surface area contributed by atoms with Gasteiger partial charge in [-0.25, -0.2) is 4.98 Å². The lowest BCUT2D eigenvalue weighted by Crippen LogP contribution is -2.51. The number of rotatable bonds is 12. The number of fused-ring (bicyclic) bond motifs is 1. The third-order valence-corrected chi connectivity index (χ3v) is 10.8. The molecule has 4 N–H and O–H groups in total. The molecule has 11 nitrogen and oxygen atoms in total. The summed E-state index contributed by atoms with van der Waals surface area (Å²) in [7, 11) is 4.32. The number of anilines is 5. The summed E-state index contributed by atoms with van der Waals surface area (Å²) in [6.45, 7) is 6.62. The highest BCUT2D eigenvalue weighted by Gasteiger charge is 2.41. The Labute approximate surface area is 299 Å². The van der Waals surface area contributed by atoms with Crippen molar-refractivity contribution >= 4 is 80.8 Å². The van der Waals surface area contributed by atoms with Gasteiger partial charge in [0.1, 0.15) is 17.6 Å². The summed E-state index contributed by atoms with van der Waals surface area (Å²) < 4.78 is 46.8. The van der Waals surface area contributed by atoms with E-state index in [0.29, 0.717) is 59.2 Å². The maximum Gasteiger partial charge on any atom is 0.403 e. The fraction of sp³-hybridized carbons (Fsp3) is 0.382. The van der Waals surface area contributed by atoms with E-state index in [9.17, 15) is 13.2 Å². The van der Waals surface area contributed by atoms with Gasteiger partial charge in [0.05, 0.1) is 28.3 Å². The van der Waals surface area contributed by atoms with Gasteiger partial charge < -0.3 is 31.0 Å². The number of aromatic nitrogens is 4. The van der Waals surface area contributed by atoms with Gasteiger partial charge in [0.2, 0.25) is 5.95 Å². The summed E-state index contributed by atoms with van der Waals surface area (Å²) in [4.78, 5) is 21.9. The van der Waals surface area contributed by atoms with Crippen LogP contribution in [0.15, 0.2) is 53.5 Å². The van der Waals surface area contributed by atoms with Crippen molar-refractivity contribution in [1.29, 1.82) is 5.41 Å². The molecule has 4 aromatic rings. The van der Waals surface area contributed by atoms with Crippen LogP contribution in [0.5, 0.6) is 5.75 Å². The summed E-state index contributed by atoms with van der Waals surface area (Å²) in [6.07, 6.45) is 4.85. The second-order valence-corrected chi connectivity index (χ2v) is 15.2. The number of nitrogens with one attached hydrogen (secondary N) is 4. The van der Waals surface area contributed by atoms with Gasteiger partial charge in [-0.3, -0.25) is 14.9 Å². The van der Waals surface area contributed by atoms with Gasteiger partial charge in [-0.2, -0.15) is 18.2 Å². The molecule has 16 heteroatoms. The highest BCUT2D eigenvalue weighted by atomic mass is 79.9. The molecule has 1 aliphatic heterocycles. The van der Waals surface area contributed by atoms with E-state index in [1.54, 1.807) is 46.0 Å². The topological polar surface area (TPSA) is 127 Å². The van der Waals surface area contributed by atoms with Crippen LogP contribution < -0.4 is 30.9 Å². The van der Waals surface area contributed by atoms with Crippen LogP contribution in [-0.4, -0.2) is 96.9 Å². The number of methoxy groups -OCH3 is 1. The van der Waals surface area contributed by atoms with Gasteiger partial charge in [-0.15, -0.1) is 0 Å². The molecule has 0 radical (unpaired) electrons. The minimum atomic E-state index is -4.29. The van der Waals surface area contributed by atoms with Gasteiger partial charge in [-0.1, -0.05) is 7.92 Å². The lowest BCUT2D eigenvalue weighted by molar-refractivity contribution is -0.181. The van der Waals surface area contributed by atoms with Crippen LogP contribution in [0, 0.1) is 5.41 Å². The largest absolute Gasteiger partial charge is 0.494 e. The fourth-order valence-corrected chi connectivity index (χ4v) is 7.58. The minimum absolute atomic E-state index is 0.207. The number of ether oxygens (including phenoxy) is 1. The lowest BCUT2D eigenvalue weighted by atomic mass is 9.98. The summed E-state index contributed by atoms with van der Waals surface area (Å²) >= 11 is 3.59. The third kappa shape index (κ3) is 8.11. The van der Waals surface area contributed by atoms with Crippen LogP contribution in [0.4, 0.5) is 42.0 Å². The summed E-state index contributed by atoms with van der Waals surface area (Å²) in [6, 6.07) is 5.94. The van der Waals surface area contributed by atoms with Crippen LogP contribution in [0.2, 0.25) is 0 Å². The van der Waals surface area contributed by atoms with Crippen LogP contribution >= 0.6 is 23.9 Å². The lowest BCUT2D eigenvalue weighted by Gasteiger charge is -2.41. The molecule has 0 saturated carbocycles. The predicted molar refractivity (Wildman–Crippen MR) is 202 cm³/mol. The van der Waals surface area contributed by atoms with Crippen LogP contribution in [0.3, 0.4) is 0 Å². The number of allylic oxidation sites excluding steroid dienone is 1. The van der Waals surface area contributed by atoms with Gasteiger partial charge in [0.25, 0.3) is 0 Å². The van der Waals surface area contributed by atoms with E-state index in [1.807, 2.05) is 24.3 Å². The fourth-order valence-electron chi connectivity index (χ4n) is 6.08. The van der Waals surface area contributed by atoms with Gasteiger partial charge in [0.15, 0.2) is 0 Å². The quantitative estimate of drug-likeness (QED) is 0.0875.